The fourth-order valence-electron chi connectivity index (χ4n) is 1.64. The number of aliphatic hydroxyl groups excluding tert-OH is 1. The standard InChI is InChI=1S/C13H11BrClFOS/c1-7-4-12(18-13(7)14)11(17)5-8-2-3-9(16)6-10(8)15/h2-4,6,11,17H,5H2,1H3. The number of thiophene rings is 1. The van der Waals surface area contributed by atoms with Crippen molar-refractivity contribution in [1.82, 2.24) is 0 Å². The number of halogens is 3. The summed E-state index contributed by atoms with van der Waals surface area (Å²) in [6, 6.07) is 6.16. The molecule has 96 valence electrons. The maximum Gasteiger partial charge on any atom is 0.124 e. The normalized spacial score (nSPS) is 12.7. The van der Waals surface area contributed by atoms with Gasteiger partial charge in [-0.05, 0) is 52.2 Å². The Morgan fingerprint density at radius 2 is 2.17 bits per heavy atom. The summed E-state index contributed by atoms with van der Waals surface area (Å²) in [4.78, 5) is 0.875. The number of aliphatic hydroxyl groups is 1. The fraction of sp³-hybridized carbons (Fsp3) is 0.231. The Bertz CT molecular complexity index is 551. The quantitative estimate of drug-likeness (QED) is 0.836. The molecule has 0 radical (unpaired) electrons. The molecule has 0 bridgehead atoms. The smallest absolute Gasteiger partial charge is 0.124 e. The first kappa shape index (κ1) is 14.0. The molecule has 0 fully saturated rings. The highest BCUT2D eigenvalue weighted by Gasteiger charge is 2.14. The van der Waals surface area contributed by atoms with Gasteiger partial charge in [0.1, 0.15) is 5.82 Å². The van der Waals surface area contributed by atoms with E-state index >= 15 is 0 Å². The molecule has 0 aliphatic rings. The minimum Gasteiger partial charge on any atom is -0.387 e. The average Bonchev–Trinajstić information content (AvgIpc) is 2.63. The lowest BCUT2D eigenvalue weighted by atomic mass is 10.1. The van der Waals surface area contributed by atoms with Crippen molar-refractivity contribution >= 4 is 38.9 Å². The lowest BCUT2D eigenvalue weighted by Crippen LogP contribution is -2.00. The molecule has 18 heavy (non-hydrogen) atoms. The Kier molecular flexibility index (Phi) is 4.43. The summed E-state index contributed by atoms with van der Waals surface area (Å²) in [7, 11) is 0. The van der Waals surface area contributed by atoms with Gasteiger partial charge in [-0.1, -0.05) is 17.7 Å². The van der Waals surface area contributed by atoms with Crippen molar-refractivity contribution in [1.29, 1.82) is 0 Å². The first-order valence-corrected chi connectivity index (χ1v) is 7.34. The van der Waals surface area contributed by atoms with Gasteiger partial charge in [0.15, 0.2) is 0 Å². The molecule has 0 aliphatic heterocycles. The fourth-order valence-corrected chi connectivity index (χ4v) is 3.45. The van der Waals surface area contributed by atoms with Gasteiger partial charge in [-0.15, -0.1) is 11.3 Å². The molecule has 1 N–H and O–H groups in total. The molecule has 1 nitrogen and oxygen atoms in total. The molecular formula is C13H11BrClFOS. The maximum atomic E-state index is 12.9. The lowest BCUT2D eigenvalue weighted by Gasteiger charge is -2.10. The van der Waals surface area contributed by atoms with Crippen LogP contribution in [0.2, 0.25) is 5.02 Å². The van der Waals surface area contributed by atoms with Crippen LogP contribution in [-0.2, 0) is 6.42 Å². The van der Waals surface area contributed by atoms with Crippen LogP contribution in [-0.4, -0.2) is 5.11 Å². The van der Waals surface area contributed by atoms with Gasteiger partial charge in [0.25, 0.3) is 0 Å². The first-order chi connectivity index (χ1) is 8.47. The van der Waals surface area contributed by atoms with Crippen LogP contribution < -0.4 is 0 Å². The second kappa shape index (κ2) is 5.70. The minimum atomic E-state index is -0.622. The highest BCUT2D eigenvalue weighted by Crippen LogP contribution is 2.33. The molecule has 1 aromatic heterocycles. The van der Waals surface area contributed by atoms with Gasteiger partial charge in [-0.3, -0.25) is 0 Å². The van der Waals surface area contributed by atoms with Crippen molar-refractivity contribution in [2.45, 2.75) is 19.4 Å². The molecule has 1 heterocycles. The lowest BCUT2D eigenvalue weighted by molar-refractivity contribution is 0.182. The summed E-state index contributed by atoms with van der Waals surface area (Å²) >= 11 is 10.9. The predicted octanol–water partition coefficient (Wildman–Crippen LogP) is 4.89. The number of hydrogen-bond acceptors (Lipinski definition) is 2. The second-order valence-corrected chi connectivity index (χ2v) is 6.87. The van der Waals surface area contributed by atoms with Crippen LogP contribution >= 0.6 is 38.9 Å². The SMILES string of the molecule is Cc1cc(C(O)Cc2ccc(F)cc2Cl)sc1Br. The van der Waals surface area contributed by atoms with E-state index in [0.717, 1.165) is 19.8 Å². The van der Waals surface area contributed by atoms with E-state index in [1.807, 2.05) is 13.0 Å². The zero-order chi connectivity index (χ0) is 13.3. The van der Waals surface area contributed by atoms with Crippen LogP contribution in [0.4, 0.5) is 4.39 Å². The molecular weight excluding hydrogens is 339 g/mol. The zero-order valence-corrected chi connectivity index (χ0v) is 12.7. The van der Waals surface area contributed by atoms with Crippen molar-refractivity contribution in [3.8, 4) is 0 Å². The topological polar surface area (TPSA) is 20.2 Å². The third-order valence-corrected chi connectivity index (χ3v) is 5.22. The van der Waals surface area contributed by atoms with Crippen molar-refractivity contribution < 1.29 is 9.50 Å². The highest BCUT2D eigenvalue weighted by atomic mass is 79.9. The van der Waals surface area contributed by atoms with E-state index in [9.17, 15) is 9.50 Å². The van der Waals surface area contributed by atoms with E-state index in [0.29, 0.717) is 11.4 Å². The van der Waals surface area contributed by atoms with Crippen molar-refractivity contribution in [2.75, 3.05) is 0 Å². The highest BCUT2D eigenvalue weighted by molar-refractivity contribution is 9.11. The van der Waals surface area contributed by atoms with Crippen molar-refractivity contribution in [3.63, 3.8) is 0 Å². The van der Waals surface area contributed by atoms with Gasteiger partial charge in [0, 0.05) is 16.3 Å². The van der Waals surface area contributed by atoms with E-state index in [4.69, 9.17) is 11.6 Å². The Morgan fingerprint density at radius 3 is 2.72 bits per heavy atom. The largest absolute Gasteiger partial charge is 0.387 e. The van der Waals surface area contributed by atoms with Crippen LogP contribution in [0.3, 0.4) is 0 Å². The van der Waals surface area contributed by atoms with E-state index in [2.05, 4.69) is 15.9 Å². The molecule has 1 atom stereocenters. The second-order valence-electron chi connectivity index (χ2n) is 4.06. The molecule has 2 rings (SSSR count). The van der Waals surface area contributed by atoms with E-state index < -0.39 is 6.10 Å². The summed E-state index contributed by atoms with van der Waals surface area (Å²) in [5, 5.41) is 10.5. The van der Waals surface area contributed by atoms with Crippen molar-refractivity contribution in [3.05, 3.63) is 54.9 Å². The maximum absolute atomic E-state index is 12.9. The minimum absolute atomic E-state index is 0.349. The molecule has 5 heteroatoms. The van der Waals surface area contributed by atoms with Gasteiger partial charge >= 0.3 is 0 Å². The average molecular weight is 350 g/mol. The predicted molar refractivity (Wildman–Crippen MR) is 76.8 cm³/mol. The summed E-state index contributed by atoms with van der Waals surface area (Å²) in [6.45, 7) is 1.97. The van der Waals surface area contributed by atoms with Crippen LogP contribution in [0.25, 0.3) is 0 Å². The summed E-state index contributed by atoms with van der Waals surface area (Å²) in [5.41, 5.74) is 1.84. The van der Waals surface area contributed by atoms with Crippen molar-refractivity contribution in [2.24, 2.45) is 0 Å². The van der Waals surface area contributed by atoms with E-state index in [-0.39, 0.29) is 5.82 Å². The number of hydrogen-bond donors (Lipinski definition) is 1. The third-order valence-electron chi connectivity index (χ3n) is 2.63. The molecule has 0 saturated heterocycles. The number of aryl methyl sites for hydroxylation is 1. The molecule has 1 aromatic carbocycles. The van der Waals surface area contributed by atoms with Gasteiger partial charge in [0.05, 0.1) is 9.89 Å². The Labute approximate surface area is 122 Å². The van der Waals surface area contributed by atoms with Gasteiger partial charge in [-0.25, -0.2) is 4.39 Å². The Hall–Kier alpha value is -0.420. The van der Waals surface area contributed by atoms with E-state index in [1.165, 1.54) is 23.5 Å². The summed E-state index contributed by atoms with van der Waals surface area (Å²) in [6.07, 6.45) is -0.242. The van der Waals surface area contributed by atoms with Gasteiger partial charge < -0.3 is 5.11 Å². The Balaban J connectivity index is 2.18. The summed E-state index contributed by atoms with van der Waals surface area (Å²) < 4.78 is 13.9. The molecule has 1 unspecified atom stereocenters. The monoisotopic (exact) mass is 348 g/mol. The van der Waals surface area contributed by atoms with Crippen LogP contribution in [0.15, 0.2) is 28.1 Å². The zero-order valence-electron chi connectivity index (χ0n) is 9.58. The third kappa shape index (κ3) is 3.12. The van der Waals surface area contributed by atoms with Crippen LogP contribution in [0.5, 0.6) is 0 Å². The number of benzene rings is 1. The Morgan fingerprint density at radius 1 is 1.44 bits per heavy atom. The molecule has 0 aliphatic carbocycles. The molecule has 0 saturated carbocycles. The first-order valence-electron chi connectivity index (χ1n) is 5.35. The number of rotatable bonds is 3. The van der Waals surface area contributed by atoms with Crippen LogP contribution in [0, 0.1) is 12.7 Å². The van der Waals surface area contributed by atoms with Crippen LogP contribution in [0.1, 0.15) is 22.1 Å². The van der Waals surface area contributed by atoms with Gasteiger partial charge in [0.2, 0.25) is 0 Å². The van der Waals surface area contributed by atoms with Gasteiger partial charge in [-0.2, -0.15) is 0 Å². The molecule has 0 spiro atoms. The summed E-state index contributed by atoms with van der Waals surface area (Å²) in [5.74, 6) is -0.368. The molecule has 0 amide bonds. The molecule has 2 aromatic rings. The van der Waals surface area contributed by atoms with E-state index in [1.54, 1.807) is 6.07 Å².